The molecular formula is C21H17FN4O2. The van der Waals surface area contributed by atoms with E-state index in [0.29, 0.717) is 22.5 Å². The number of anilines is 2. The number of hydrogen-bond acceptors (Lipinski definition) is 4. The molecular weight excluding hydrogens is 359 g/mol. The van der Waals surface area contributed by atoms with Crippen molar-refractivity contribution in [3.8, 4) is 0 Å². The van der Waals surface area contributed by atoms with Crippen molar-refractivity contribution in [1.82, 2.24) is 9.97 Å². The molecule has 140 valence electrons. The highest BCUT2D eigenvalue weighted by Crippen LogP contribution is 2.21. The Morgan fingerprint density at radius 2 is 1.71 bits per heavy atom. The molecule has 0 aliphatic carbocycles. The molecule has 3 aromatic rings. The molecule has 3 rings (SSSR count). The minimum absolute atomic E-state index is 0.325. The first kappa shape index (κ1) is 18.9. The van der Waals surface area contributed by atoms with Crippen molar-refractivity contribution in [3.63, 3.8) is 0 Å². The average Bonchev–Trinajstić information content (AvgIpc) is 2.70. The van der Waals surface area contributed by atoms with Crippen LogP contribution in [0.3, 0.4) is 0 Å². The highest BCUT2D eigenvalue weighted by Gasteiger charge is 2.08. The number of benzene rings is 2. The van der Waals surface area contributed by atoms with Gasteiger partial charge in [0, 0.05) is 41.0 Å². The Morgan fingerprint density at radius 1 is 1.00 bits per heavy atom. The van der Waals surface area contributed by atoms with Crippen molar-refractivity contribution >= 4 is 29.3 Å². The van der Waals surface area contributed by atoms with Crippen molar-refractivity contribution in [2.45, 2.75) is 6.92 Å². The maximum Gasteiger partial charge on any atom is 0.255 e. The van der Waals surface area contributed by atoms with E-state index in [-0.39, 0.29) is 11.8 Å². The first-order chi connectivity index (χ1) is 13.5. The van der Waals surface area contributed by atoms with Crippen molar-refractivity contribution in [3.05, 3.63) is 89.8 Å². The maximum absolute atomic E-state index is 13.0. The fourth-order valence-corrected chi connectivity index (χ4v) is 2.38. The van der Waals surface area contributed by atoms with Gasteiger partial charge in [0.1, 0.15) is 12.1 Å². The van der Waals surface area contributed by atoms with E-state index in [1.807, 2.05) is 6.92 Å². The van der Waals surface area contributed by atoms with Crippen molar-refractivity contribution in [1.29, 1.82) is 0 Å². The molecule has 6 nitrogen and oxygen atoms in total. The quantitative estimate of drug-likeness (QED) is 0.663. The third-order valence-electron chi connectivity index (χ3n) is 3.87. The van der Waals surface area contributed by atoms with Gasteiger partial charge in [-0.25, -0.2) is 14.4 Å². The largest absolute Gasteiger partial charge is 0.322 e. The summed E-state index contributed by atoms with van der Waals surface area (Å²) in [5.74, 6) is -1.11. The van der Waals surface area contributed by atoms with Crippen LogP contribution in [0.2, 0.25) is 0 Å². The summed E-state index contributed by atoms with van der Waals surface area (Å²) in [4.78, 5) is 32.2. The van der Waals surface area contributed by atoms with E-state index in [0.717, 1.165) is 5.56 Å². The number of carbonyl (C=O) groups excluding carboxylic acids is 2. The van der Waals surface area contributed by atoms with Crippen LogP contribution in [0.25, 0.3) is 6.08 Å². The van der Waals surface area contributed by atoms with Gasteiger partial charge in [-0.1, -0.05) is 6.07 Å². The Labute approximate surface area is 161 Å². The number of aryl methyl sites for hydroxylation is 1. The molecule has 0 saturated heterocycles. The number of carbonyl (C=O) groups is 2. The van der Waals surface area contributed by atoms with Crippen LogP contribution in [0.1, 0.15) is 21.5 Å². The monoisotopic (exact) mass is 376 g/mol. The smallest absolute Gasteiger partial charge is 0.255 e. The minimum Gasteiger partial charge on any atom is -0.322 e. The Hall–Kier alpha value is -3.87. The molecule has 0 bridgehead atoms. The van der Waals surface area contributed by atoms with E-state index >= 15 is 0 Å². The number of nitrogens with one attached hydrogen (secondary N) is 2. The molecule has 0 spiro atoms. The fourth-order valence-electron chi connectivity index (χ4n) is 2.38. The fraction of sp³-hybridized carbons (Fsp3) is 0.0476. The van der Waals surface area contributed by atoms with E-state index in [1.165, 1.54) is 36.7 Å². The van der Waals surface area contributed by atoms with Crippen LogP contribution in [0, 0.1) is 12.7 Å². The highest BCUT2D eigenvalue weighted by molar-refractivity contribution is 6.05. The zero-order valence-corrected chi connectivity index (χ0v) is 15.0. The number of nitrogens with zero attached hydrogens (tertiary/aromatic N) is 2. The van der Waals surface area contributed by atoms with Gasteiger partial charge in [0.25, 0.3) is 5.91 Å². The summed E-state index contributed by atoms with van der Waals surface area (Å²) >= 11 is 0. The van der Waals surface area contributed by atoms with Crippen LogP contribution >= 0.6 is 0 Å². The summed E-state index contributed by atoms with van der Waals surface area (Å²) in [6.07, 6.45) is 7.57. The number of aromatic nitrogens is 2. The predicted molar refractivity (Wildman–Crippen MR) is 105 cm³/mol. The zero-order chi connectivity index (χ0) is 19.9. The Bertz CT molecular complexity index is 1020. The van der Waals surface area contributed by atoms with Gasteiger partial charge in [-0.3, -0.25) is 9.59 Å². The summed E-state index contributed by atoms with van der Waals surface area (Å²) in [6, 6.07) is 10.4. The van der Waals surface area contributed by atoms with Gasteiger partial charge in [-0.2, -0.15) is 0 Å². The van der Waals surface area contributed by atoms with Gasteiger partial charge in [0.05, 0.1) is 0 Å². The Balaban J connectivity index is 1.69. The van der Waals surface area contributed by atoms with Crippen LogP contribution < -0.4 is 10.6 Å². The molecule has 2 aromatic carbocycles. The lowest BCUT2D eigenvalue weighted by atomic mass is 10.1. The standard InChI is InChI=1S/C21H17FN4O2/c1-14-2-8-18(25-21(28)16-4-6-17(22)7-5-16)10-19(14)26-20(27)9-3-15-11-23-13-24-12-15/h2-13H,1H3,(H,25,28)(H,26,27). The topological polar surface area (TPSA) is 84.0 Å². The Kier molecular flexibility index (Phi) is 5.86. The average molecular weight is 376 g/mol. The molecule has 2 N–H and O–H groups in total. The van der Waals surface area contributed by atoms with Crippen LogP contribution in [0.15, 0.2) is 67.3 Å². The van der Waals surface area contributed by atoms with Gasteiger partial charge in [-0.05, 0) is 55.0 Å². The van der Waals surface area contributed by atoms with E-state index in [1.54, 1.807) is 36.7 Å². The third-order valence-corrected chi connectivity index (χ3v) is 3.87. The molecule has 1 aromatic heterocycles. The van der Waals surface area contributed by atoms with Gasteiger partial charge in [-0.15, -0.1) is 0 Å². The number of hydrogen-bond donors (Lipinski definition) is 2. The SMILES string of the molecule is Cc1ccc(NC(=O)c2ccc(F)cc2)cc1NC(=O)C=Cc1cncnc1. The molecule has 0 aliphatic rings. The molecule has 0 saturated carbocycles. The maximum atomic E-state index is 13.0. The summed E-state index contributed by atoms with van der Waals surface area (Å²) in [6.45, 7) is 1.84. The molecule has 0 unspecified atom stereocenters. The lowest BCUT2D eigenvalue weighted by molar-refractivity contribution is -0.111. The minimum atomic E-state index is -0.410. The lowest BCUT2D eigenvalue weighted by Crippen LogP contribution is -2.13. The molecule has 0 atom stereocenters. The van der Waals surface area contributed by atoms with E-state index in [9.17, 15) is 14.0 Å². The summed E-state index contributed by atoms with van der Waals surface area (Å²) < 4.78 is 13.0. The molecule has 0 radical (unpaired) electrons. The van der Waals surface area contributed by atoms with Crippen molar-refractivity contribution in [2.75, 3.05) is 10.6 Å². The van der Waals surface area contributed by atoms with Crippen LogP contribution in [0.4, 0.5) is 15.8 Å². The molecule has 1 heterocycles. The number of halogens is 1. The number of rotatable bonds is 5. The zero-order valence-electron chi connectivity index (χ0n) is 15.0. The second-order valence-electron chi connectivity index (χ2n) is 5.99. The second-order valence-corrected chi connectivity index (χ2v) is 5.99. The molecule has 0 fully saturated rings. The molecule has 7 heteroatoms. The first-order valence-corrected chi connectivity index (χ1v) is 8.43. The predicted octanol–water partition coefficient (Wildman–Crippen LogP) is 3.83. The van der Waals surface area contributed by atoms with Crippen LogP contribution in [-0.4, -0.2) is 21.8 Å². The van der Waals surface area contributed by atoms with Crippen LogP contribution in [0.5, 0.6) is 0 Å². The molecule has 0 aliphatic heterocycles. The second kappa shape index (κ2) is 8.68. The molecule has 28 heavy (non-hydrogen) atoms. The normalized spacial score (nSPS) is 10.6. The molecule has 2 amide bonds. The number of amides is 2. The highest BCUT2D eigenvalue weighted by atomic mass is 19.1. The van der Waals surface area contributed by atoms with Gasteiger partial charge >= 0.3 is 0 Å². The first-order valence-electron chi connectivity index (χ1n) is 8.43. The summed E-state index contributed by atoms with van der Waals surface area (Å²) in [7, 11) is 0. The summed E-state index contributed by atoms with van der Waals surface area (Å²) in [5.41, 5.74) is 2.95. The van der Waals surface area contributed by atoms with Crippen molar-refractivity contribution in [2.24, 2.45) is 0 Å². The van der Waals surface area contributed by atoms with Crippen LogP contribution in [-0.2, 0) is 4.79 Å². The van der Waals surface area contributed by atoms with E-state index in [4.69, 9.17) is 0 Å². The van der Waals surface area contributed by atoms with E-state index in [2.05, 4.69) is 20.6 Å². The van der Waals surface area contributed by atoms with E-state index < -0.39 is 5.82 Å². The third kappa shape index (κ3) is 5.07. The van der Waals surface area contributed by atoms with Crippen molar-refractivity contribution < 1.29 is 14.0 Å². The Morgan fingerprint density at radius 3 is 2.43 bits per heavy atom. The van der Waals surface area contributed by atoms with Gasteiger partial charge in [0.2, 0.25) is 5.91 Å². The van der Waals surface area contributed by atoms with Gasteiger partial charge < -0.3 is 10.6 Å². The summed E-state index contributed by atoms with van der Waals surface area (Å²) in [5, 5.41) is 5.50. The van der Waals surface area contributed by atoms with Gasteiger partial charge in [0.15, 0.2) is 0 Å². The lowest BCUT2D eigenvalue weighted by Gasteiger charge is -2.11.